The van der Waals surface area contributed by atoms with Gasteiger partial charge in [0.15, 0.2) is 0 Å². The number of carbonyl (C=O) groups excluding carboxylic acids is 2. The van der Waals surface area contributed by atoms with Crippen molar-refractivity contribution in [2.24, 2.45) is 0 Å². The van der Waals surface area contributed by atoms with Crippen LogP contribution >= 0.6 is 0 Å². The number of aromatic nitrogens is 4. The number of amides is 1. The van der Waals surface area contributed by atoms with Gasteiger partial charge in [-0.25, -0.2) is 14.8 Å². The van der Waals surface area contributed by atoms with Gasteiger partial charge in [0, 0.05) is 54.7 Å². The summed E-state index contributed by atoms with van der Waals surface area (Å²) in [6.45, 7) is 8.99. The minimum absolute atomic E-state index is 0.255. The molecule has 0 aliphatic heterocycles. The Morgan fingerprint density at radius 2 is 2.00 bits per heavy atom. The summed E-state index contributed by atoms with van der Waals surface area (Å²) in [6, 6.07) is 3.77. The van der Waals surface area contributed by atoms with Crippen LogP contribution in [0.15, 0.2) is 43.1 Å². The van der Waals surface area contributed by atoms with E-state index in [9.17, 15) is 9.59 Å². The molecule has 0 spiro atoms. The third-order valence-corrected chi connectivity index (χ3v) is 5.07. The Morgan fingerprint density at radius 3 is 2.61 bits per heavy atom. The van der Waals surface area contributed by atoms with Gasteiger partial charge in [0.05, 0.1) is 12.2 Å². The van der Waals surface area contributed by atoms with Crippen molar-refractivity contribution >= 4 is 18.0 Å². The summed E-state index contributed by atoms with van der Waals surface area (Å²) in [4.78, 5) is 33.2. The quantitative estimate of drug-likeness (QED) is 0.445. The van der Waals surface area contributed by atoms with Gasteiger partial charge in [-0.3, -0.25) is 9.36 Å². The first-order valence-electron chi connectivity index (χ1n) is 10.2. The van der Waals surface area contributed by atoms with E-state index in [4.69, 9.17) is 4.74 Å². The van der Waals surface area contributed by atoms with Crippen molar-refractivity contribution in [2.45, 2.75) is 40.8 Å². The van der Waals surface area contributed by atoms with Crippen LogP contribution in [0.25, 0.3) is 11.9 Å². The summed E-state index contributed by atoms with van der Waals surface area (Å²) < 4.78 is 9.06. The molecule has 0 aliphatic carbocycles. The van der Waals surface area contributed by atoms with Gasteiger partial charge in [-0.1, -0.05) is 6.07 Å². The van der Waals surface area contributed by atoms with Gasteiger partial charge >= 0.3 is 5.97 Å². The van der Waals surface area contributed by atoms with E-state index in [1.165, 1.54) is 6.08 Å². The molecule has 0 saturated heterocycles. The lowest BCUT2D eigenvalue weighted by molar-refractivity contribution is -0.116. The SMILES string of the molecule is CCOC(=O)c1c(/C=C/C(=O)NCc2ccc(-n3ccnc3)nc2)c(C)n(CC)c1C. The number of hydrogen-bond acceptors (Lipinski definition) is 5. The summed E-state index contributed by atoms with van der Waals surface area (Å²) in [5.74, 6) is 0.124. The average molecular weight is 422 g/mol. The normalized spacial score (nSPS) is 11.1. The zero-order valence-electron chi connectivity index (χ0n) is 18.3. The second-order valence-electron chi connectivity index (χ2n) is 6.97. The number of ether oxygens (including phenoxy) is 1. The lowest BCUT2D eigenvalue weighted by Gasteiger charge is -2.05. The van der Waals surface area contributed by atoms with Crippen molar-refractivity contribution in [3.8, 4) is 5.82 Å². The first-order chi connectivity index (χ1) is 15.0. The molecule has 8 heteroatoms. The number of nitrogens with one attached hydrogen (secondary N) is 1. The molecule has 8 nitrogen and oxygen atoms in total. The van der Waals surface area contributed by atoms with Crippen molar-refractivity contribution in [3.05, 3.63) is 71.2 Å². The van der Waals surface area contributed by atoms with Gasteiger partial charge in [0.1, 0.15) is 12.1 Å². The van der Waals surface area contributed by atoms with Gasteiger partial charge in [-0.2, -0.15) is 0 Å². The van der Waals surface area contributed by atoms with Gasteiger partial charge < -0.3 is 14.6 Å². The van der Waals surface area contributed by atoms with Gasteiger partial charge in [0.25, 0.3) is 0 Å². The smallest absolute Gasteiger partial charge is 0.340 e. The number of carbonyl (C=O) groups is 2. The molecule has 0 saturated carbocycles. The Hall–Kier alpha value is -3.68. The van der Waals surface area contributed by atoms with Crippen LogP contribution in [0.4, 0.5) is 0 Å². The third kappa shape index (κ3) is 4.91. The maximum absolute atomic E-state index is 12.5. The fraction of sp³-hybridized carbons (Fsp3) is 0.304. The molecular formula is C23H27N5O3. The van der Waals surface area contributed by atoms with Crippen molar-refractivity contribution in [1.82, 2.24) is 24.4 Å². The van der Waals surface area contributed by atoms with Gasteiger partial charge in [-0.15, -0.1) is 0 Å². The molecule has 3 aromatic heterocycles. The molecule has 3 aromatic rings. The second-order valence-corrected chi connectivity index (χ2v) is 6.97. The topological polar surface area (TPSA) is 91.0 Å². The molecule has 3 heterocycles. The lowest BCUT2D eigenvalue weighted by atomic mass is 10.1. The molecule has 0 unspecified atom stereocenters. The van der Waals surface area contributed by atoms with Crippen LogP contribution < -0.4 is 5.32 Å². The largest absolute Gasteiger partial charge is 0.462 e. The fourth-order valence-corrected chi connectivity index (χ4v) is 3.52. The molecule has 3 rings (SSSR count). The maximum Gasteiger partial charge on any atom is 0.340 e. The molecule has 0 atom stereocenters. The van der Waals surface area contributed by atoms with E-state index >= 15 is 0 Å². The molecular weight excluding hydrogens is 394 g/mol. The van der Waals surface area contributed by atoms with Crippen LogP contribution in [-0.2, 0) is 22.6 Å². The summed E-state index contributed by atoms with van der Waals surface area (Å²) in [6.07, 6.45) is 10.0. The highest BCUT2D eigenvalue weighted by atomic mass is 16.5. The van der Waals surface area contributed by atoms with Crippen molar-refractivity contribution in [2.75, 3.05) is 6.61 Å². The predicted octanol–water partition coefficient (Wildman–Crippen LogP) is 3.21. The minimum Gasteiger partial charge on any atom is -0.462 e. The Bertz CT molecular complexity index is 1080. The Balaban J connectivity index is 1.69. The van der Waals surface area contributed by atoms with E-state index in [1.807, 2.05) is 43.7 Å². The highest BCUT2D eigenvalue weighted by molar-refractivity contribution is 5.98. The number of imidazole rings is 1. The summed E-state index contributed by atoms with van der Waals surface area (Å²) in [5, 5.41) is 2.84. The molecule has 0 aromatic carbocycles. The minimum atomic E-state index is -0.376. The first kappa shape index (κ1) is 22.0. The molecule has 0 fully saturated rings. The summed E-state index contributed by atoms with van der Waals surface area (Å²) in [7, 11) is 0. The highest BCUT2D eigenvalue weighted by Gasteiger charge is 2.22. The molecule has 0 aliphatic rings. The molecule has 31 heavy (non-hydrogen) atoms. The van der Waals surface area contributed by atoms with E-state index in [0.717, 1.165) is 29.3 Å². The van der Waals surface area contributed by atoms with E-state index in [2.05, 4.69) is 15.3 Å². The highest BCUT2D eigenvalue weighted by Crippen LogP contribution is 2.25. The Labute approximate surface area is 181 Å². The number of esters is 1. The Morgan fingerprint density at radius 1 is 1.19 bits per heavy atom. The van der Waals surface area contributed by atoms with Crippen molar-refractivity contribution in [3.63, 3.8) is 0 Å². The van der Waals surface area contributed by atoms with Crippen LogP contribution in [0.2, 0.25) is 0 Å². The van der Waals surface area contributed by atoms with E-state index in [1.54, 1.807) is 36.3 Å². The standard InChI is InChI=1S/C23H27N5O3/c1-5-28-16(3)19(22(17(28)4)23(30)31-6-2)8-10-21(29)26-14-18-7-9-20(25-13-18)27-12-11-24-15-27/h7-13,15H,5-6,14H2,1-4H3,(H,26,29)/b10-8+. The number of pyridine rings is 1. The van der Waals surface area contributed by atoms with Crippen molar-refractivity contribution < 1.29 is 14.3 Å². The van der Waals surface area contributed by atoms with Crippen LogP contribution in [0, 0.1) is 13.8 Å². The van der Waals surface area contributed by atoms with Gasteiger partial charge in [-0.05, 0) is 45.4 Å². The van der Waals surface area contributed by atoms with Crippen LogP contribution in [0.5, 0.6) is 0 Å². The predicted molar refractivity (Wildman–Crippen MR) is 118 cm³/mol. The lowest BCUT2D eigenvalue weighted by Crippen LogP contribution is -2.20. The number of nitrogens with zero attached hydrogens (tertiary/aromatic N) is 4. The maximum atomic E-state index is 12.5. The van der Waals surface area contributed by atoms with Crippen molar-refractivity contribution in [1.29, 1.82) is 0 Å². The monoisotopic (exact) mass is 421 g/mol. The van der Waals surface area contributed by atoms with E-state index in [-0.39, 0.29) is 11.9 Å². The summed E-state index contributed by atoms with van der Waals surface area (Å²) in [5.41, 5.74) is 3.85. The van der Waals surface area contributed by atoms with E-state index < -0.39 is 0 Å². The zero-order chi connectivity index (χ0) is 22.4. The zero-order valence-corrected chi connectivity index (χ0v) is 18.3. The summed E-state index contributed by atoms with van der Waals surface area (Å²) >= 11 is 0. The molecule has 0 bridgehead atoms. The first-order valence-corrected chi connectivity index (χ1v) is 10.2. The van der Waals surface area contributed by atoms with Gasteiger partial charge in [0.2, 0.25) is 5.91 Å². The molecule has 1 amide bonds. The molecule has 1 N–H and O–H groups in total. The number of hydrogen-bond donors (Lipinski definition) is 1. The third-order valence-electron chi connectivity index (χ3n) is 5.07. The van der Waals surface area contributed by atoms with Crippen LogP contribution in [0.3, 0.4) is 0 Å². The van der Waals surface area contributed by atoms with E-state index in [0.29, 0.717) is 24.3 Å². The molecule has 0 radical (unpaired) electrons. The molecule has 162 valence electrons. The number of rotatable bonds is 8. The Kier molecular flexibility index (Phi) is 7.02. The average Bonchev–Trinajstić information content (AvgIpc) is 3.38. The second kappa shape index (κ2) is 9.88. The fourth-order valence-electron chi connectivity index (χ4n) is 3.52. The van der Waals surface area contributed by atoms with Crippen LogP contribution in [-0.4, -0.2) is 37.6 Å². The van der Waals surface area contributed by atoms with Crippen LogP contribution in [0.1, 0.15) is 46.7 Å².